The lowest BCUT2D eigenvalue weighted by atomic mass is 10.2. The molecule has 0 fully saturated rings. The van der Waals surface area contributed by atoms with Crippen molar-refractivity contribution in [1.82, 2.24) is 9.97 Å². The molecule has 0 spiro atoms. The van der Waals surface area contributed by atoms with Gasteiger partial charge in [0.15, 0.2) is 0 Å². The summed E-state index contributed by atoms with van der Waals surface area (Å²) in [4.78, 5) is 25.2. The second kappa shape index (κ2) is 9.01. The molecular formula is C19H27N5O. The molecule has 2 rings (SSSR count). The standard InChI is InChI=1S/C19H27N5O/c1-5-23(6-2)16-11-9-15(10-12-16)22-19(25)17-13-18(21-14-20-17)24(7-3)8-4/h9-14H,5-8H2,1-4H3,(H,22,25). The maximum absolute atomic E-state index is 12.5. The summed E-state index contributed by atoms with van der Waals surface area (Å²) in [6, 6.07) is 9.59. The number of carbonyl (C=O) groups excluding carboxylic acids is 1. The Labute approximate surface area is 149 Å². The minimum Gasteiger partial charge on any atom is -0.372 e. The van der Waals surface area contributed by atoms with Crippen LogP contribution in [0.3, 0.4) is 0 Å². The first kappa shape index (κ1) is 18.7. The minimum absolute atomic E-state index is 0.230. The minimum atomic E-state index is -0.230. The van der Waals surface area contributed by atoms with E-state index in [4.69, 9.17) is 0 Å². The lowest BCUT2D eigenvalue weighted by Crippen LogP contribution is -2.24. The topological polar surface area (TPSA) is 61.4 Å². The van der Waals surface area contributed by atoms with Gasteiger partial charge in [-0.3, -0.25) is 4.79 Å². The summed E-state index contributed by atoms with van der Waals surface area (Å²) in [7, 11) is 0. The van der Waals surface area contributed by atoms with Crippen LogP contribution in [0.15, 0.2) is 36.7 Å². The van der Waals surface area contributed by atoms with E-state index in [1.165, 1.54) is 6.33 Å². The van der Waals surface area contributed by atoms with E-state index in [0.29, 0.717) is 5.69 Å². The monoisotopic (exact) mass is 341 g/mol. The van der Waals surface area contributed by atoms with E-state index in [9.17, 15) is 4.79 Å². The van der Waals surface area contributed by atoms with Gasteiger partial charge in [-0.25, -0.2) is 9.97 Å². The van der Waals surface area contributed by atoms with Gasteiger partial charge in [-0.15, -0.1) is 0 Å². The molecule has 0 aliphatic heterocycles. The van der Waals surface area contributed by atoms with E-state index in [1.54, 1.807) is 6.07 Å². The van der Waals surface area contributed by atoms with Crippen molar-refractivity contribution in [2.45, 2.75) is 27.7 Å². The third-order valence-corrected chi connectivity index (χ3v) is 4.23. The third-order valence-electron chi connectivity index (χ3n) is 4.23. The van der Waals surface area contributed by atoms with E-state index >= 15 is 0 Å². The van der Waals surface area contributed by atoms with Crippen LogP contribution in [0, 0.1) is 0 Å². The summed E-state index contributed by atoms with van der Waals surface area (Å²) >= 11 is 0. The van der Waals surface area contributed by atoms with Crippen molar-refractivity contribution < 1.29 is 4.79 Å². The summed E-state index contributed by atoms with van der Waals surface area (Å²) in [5.74, 6) is 0.536. The fourth-order valence-electron chi connectivity index (χ4n) is 2.73. The van der Waals surface area contributed by atoms with Gasteiger partial charge in [0, 0.05) is 43.6 Å². The van der Waals surface area contributed by atoms with Crippen LogP contribution in [0.5, 0.6) is 0 Å². The molecule has 0 atom stereocenters. The summed E-state index contributed by atoms with van der Waals surface area (Å²) in [6.45, 7) is 12.0. The predicted octanol–water partition coefficient (Wildman–Crippen LogP) is 3.42. The Morgan fingerprint density at radius 1 is 0.920 bits per heavy atom. The van der Waals surface area contributed by atoms with Crippen LogP contribution in [0.4, 0.5) is 17.2 Å². The van der Waals surface area contributed by atoms with Crippen LogP contribution in [-0.4, -0.2) is 42.1 Å². The summed E-state index contributed by atoms with van der Waals surface area (Å²) < 4.78 is 0. The van der Waals surface area contributed by atoms with Gasteiger partial charge in [-0.1, -0.05) is 0 Å². The zero-order valence-corrected chi connectivity index (χ0v) is 15.5. The molecule has 0 saturated carbocycles. The van der Waals surface area contributed by atoms with Crippen molar-refractivity contribution in [1.29, 1.82) is 0 Å². The highest BCUT2D eigenvalue weighted by molar-refractivity contribution is 6.03. The first-order valence-electron chi connectivity index (χ1n) is 8.86. The molecule has 134 valence electrons. The predicted molar refractivity (Wildman–Crippen MR) is 104 cm³/mol. The summed E-state index contributed by atoms with van der Waals surface area (Å²) in [6.07, 6.45) is 1.44. The molecule has 6 heteroatoms. The Hall–Kier alpha value is -2.63. The molecule has 0 aliphatic carbocycles. The van der Waals surface area contributed by atoms with Crippen molar-refractivity contribution >= 4 is 23.1 Å². The number of nitrogens with one attached hydrogen (secondary N) is 1. The maximum atomic E-state index is 12.5. The average molecular weight is 341 g/mol. The molecule has 0 aliphatic rings. The molecular weight excluding hydrogens is 314 g/mol. The number of hydrogen-bond acceptors (Lipinski definition) is 5. The summed E-state index contributed by atoms with van der Waals surface area (Å²) in [5, 5.41) is 2.90. The number of nitrogens with zero attached hydrogens (tertiary/aromatic N) is 4. The first-order valence-corrected chi connectivity index (χ1v) is 8.86. The fraction of sp³-hybridized carbons (Fsp3) is 0.421. The second-order valence-electron chi connectivity index (χ2n) is 5.61. The molecule has 1 aromatic heterocycles. The highest BCUT2D eigenvalue weighted by atomic mass is 16.1. The quantitative estimate of drug-likeness (QED) is 0.797. The molecule has 0 saturated heterocycles. The molecule has 0 unspecified atom stereocenters. The third kappa shape index (κ3) is 4.68. The average Bonchev–Trinajstić information content (AvgIpc) is 2.65. The van der Waals surface area contributed by atoms with Gasteiger partial charge in [0.05, 0.1) is 0 Å². The molecule has 1 heterocycles. The number of aromatic nitrogens is 2. The van der Waals surface area contributed by atoms with Crippen molar-refractivity contribution in [3.05, 3.63) is 42.4 Å². The SMILES string of the molecule is CCN(CC)c1ccc(NC(=O)c2cc(N(CC)CC)ncn2)cc1. The number of hydrogen-bond donors (Lipinski definition) is 1. The van der Waals surface area contributed by atoms with Gasteiger partial charge >= 0.3 is 0 Å². The largest absolute Gasteiger partial charge is 0.372 e. The van der Waals surface area contributed by atoms with Gasteiger partial charge in [-0.05, 0) is 52.0 Å². The zero-order valence-electron chi connectivity index (χ0n) is 15.5. The molecule has 1 N–H and O–H groups in total. The van der Waals surface area contributed by atoms with Crippen molar-refractivity contribution in [2.75, 3.05) is 41.3 Å². The van der Waals surface area contributed by atoms with Crippen LogP contribution in [0.25, 0.3) is 0 Å². The van der Waals surface area contributed by atoms with Crippen molar-refractivity contribution in [3.8, 4) is 0 Å². The van der Waals surface area contributed by atoms with Gasteiger partial charge < -0.3 is 15.1 Å². The maximum Gasteiger partial charge on any atom is 0.274 e. The van der Waals surface area contributed by atoms with Crippen LogP contribution in [-0.2, 0) is 0 Å². The fourth-order valence-corrected chi connectivity index (χ4v) is 2.73. The Balaban J connectivity index is 2.10. The normalized spacial score (nSPS) is 10.4. The first-order chi connectivity index (χ1) is 12.1. The highest BCUT2D eigenvalue weighted by Crippen LogP contribution is 2.18. The number of carbonyl (C=O) groups is 1. The van der Waals surface area contributed by atoms with Gasteiger partial charge in [0.1, 0.15) is 17.8 Å². The van der Waals surface area contributed by atoms with Crippen LogP contribution in [0.1, 0.15) is 38.2 Å². The van der Waals surface area contributed by atoms with Gasteiger partial charge in [0.25, 0.3) is 5.91 Å². The molecule has 1 aromatic carbocycles. The smallest absolute Gasteiger partial charge is 0.274 e. The van der Waals surface area contributed by atoms with Gasteiger partial charge in [0.2, 0.25) is 0 Å². The van der Waals surface area contributed by atoms with E-state index in [1.807, 2.05) is 24.3 Å². The van der Waals surface area contributed by atoms with Crippen molar-refractivity contribution in [2.24, 2.45) is 0 Å². The lowest BCUT2D eigenvalue weighted by Gasteiger charge is -2.21. The van der Waals surface area contributed by atoms with Crippen LogP contribution in [0.2, 0.25) is 0 Å². The van der Waals surface area contributed by atoms with E-state index < -0.39 is 0 Å². The van der Waals surface area contributed by atoms with E-state index in [-0.39, 0.29) is 5.91 Å². The molecule has 25 heavy (non-hydrogen) atoms. The molecule has 0 radical (unpaired) electrons. The number of anilines is 3. The molecule has 6 nitrogen and oxygen atoms in total. The Bertz CT molecular complexity index is 678. The Morgan fingerprint density at radius 3 is 2.08 bits per heavy atom. The number of rotatable bonds is 8. The van der Waals surface area contributed by atoms with Crippen LogP contribution >= 0.6 is 0 Å². The van der Waals surface area contributed by atoms with Crippen molar-refractivity contribution in [3.63, 3.8) is 0 Å². The zero-order chi connectivity index (χ0) is 18.2. The Morgan fingerprint density at radius 2 is 1.52 bits per heavy atom. The number of amides is 1. The molecule has 2 aromatic rings. The Kier molecular flexibility index (Phi) is 6.74. The molecule has 0 bridgehead atoms. The van der Waals surface area contributed by atoms with Crippen LogP contribution < -0.4 is 15.1 Å². The van der Waals surface area contributed by atoms with E-state index in [2.05, 4.69) is 52.8 Å². The summed E-state index contributed by atoms with van der Waals surface area (Å²) in [5.41, 5.74) is 2.27. The lowest BCUT2D eigenvalue weighted by molar-refractivity contribution is 0.102. The van der Waals surface area contributed by atoms with E-state index in [0.717, 1.165) is 43.4 Å². The highest BCUT2D eigenvalue weighted by Gasteiger charge is 2.12. The number of benzene rings is 1. The second-order valence-corrected chi connectivity index (χ2v) is 5.61. The molecule has 1 amide bonds. The van der Waals surface area contributed by atoms with Gasteiger partial charge in [-0.2, -0.15) is 0 Å².